The molecule has 0 radical (unpaired) electrons. The molecule has 0 aliphatic carbocycles. The third-order valence-electron chi connectivity index (χ3n) is 5.15. The molecule has 0 spiro atoms. The van der Waals surface area contributed by atoms with Crippen molar-refractivity contribution in [3.63, 3.8) is 0 Å². The zero-order chi connectivity index (χ0) is 24.1. The lowest BCUT2D eigenvalue weighted by Crippen LogP contribution is -2.26. The molecule has 3 aromatic rings. The maximum absolute atomic E-state index is 12.9. The van der Waals surface area contributed by atoms with Gasteiger partial charge in [0.2, 0.25) is 0 Å². The number of carbonyl (C=O) groups is 1. The number of hydrogen-bond donors (Lipinski definition) is 3. The Morgan fingerprint density at radius 2 is 2.06 bits per heavy atom. The highest BCUT2D eigenvalue weighted by atomic mass is 19.4. The number of pyridine rings is 2. The van der Waals surface area contributed by atoms with E-state index < -0.39 is 11.9 Å². The number of rotatable bonds is 8. The van der Waals surface area contributed by atoms with Gasteiger partial charge in [-0.1, -0.05) is 0 Å². The molecule has 0 saturated heterocycles. The van der Waals surface area contributed by atoms with Crippen molar-refractivity contribution >= 4 is 22.6 Å². The minimum atomic E-state index is -4.52. The molecule has 0 atom stereocenters. The van der Waals surface area contributed by atoms with Gasteiger partial charge in [0, 0.05) is 41.7 Å². The first-order chi connectivity index (χ1) is 16.3. The number of fused-ring (bicyclic) bond motifs is 1. The highest BCUT2D eigenvalue weighted by molar-refractivity contribution is 5.99. The van der Waals surface area contributed by atoms with Crippen LogP contribution in [0.3, 0.4) is 0 Å². The molecule has 2 aromatic heterocycles. The van der Waals surface area contributed by atoms with Gasteiger partial charge in [0.25, 0.3) is 5.91 Å². The fraction of sp³-hybridized carbons (Fsp3) is 0.304. The molecule has 34 heavy (non-hydrogen) atoms. The summed E-state index contributed by atoms with van der Waals surface area (Å²) in [7, 11) is 0. The minimum Gasteiger partial charge on any atom is -0.493 e. The van der Waals surface area contributed by atoms with E-state index in [-0.39, 0.29) is 5.91 Å². The summed E-state index contributed by atoms with van der Waals surface area (Å²) >= 11 is 0. The Hall–Kier alpha value is -3.89. The highest BCUT2D eigenvalue weighted by Crippen LogP contribution is 2.32. The maximum Gasteiger partial charge on any atom is 0.433 e. The minimum absolute atomic E-state index is 0.247. The standard InChI is InChI=1S/C23H23F3N6O2/c1-2-34-19-11-17(15-6-8-20(28-12-15)23(24,25)26)31-18-10-14(5-7-16(18)19)22(33)27-9-3-4-21-29-13-30-32-21/h5-8,10-12,30H,2-4,9,13H2,1H3,(H,27,33)(H,29,32). The fourth-order valence-corrected chi connectivity index (χ4v) is 3.49. The van der Waals surface area contributed by atoms with Gasteiger partial charge < -0.3 is 15.4 Å². The summed E-state index contributed by atoms with van der Waals surface area (Å²) in [5.74, 6) is 1.13. The average molecular weight is 472 g/mol. The van der Waals surface area contributed by atoms with Gasteiger partial charge in [-0.25, -0.2) is 4.98 Å². The lowest BCUT2D eigenvalue weighted by molar-refractivity contribution is -0.141. The van der Waals surface area contributed by atoms with Crippen LogP contribution < -0.4 is 20.8 Å². The second-order valence-electron chi connectivity index (χ2n) is 7.53. The van der Waals surface area contributed by atoms with Crippen molar-refractivity contribution in [3.05, 3.63) is 53.9 Å². The van der Waals surface area contributed by atoms with Crippen LogP contribution in [0.5, 0.6) is 5.75 Å². The first kappa shape index (κ1) is 23.3. The van der Waals surface area contributed by atoms with E-state index in [0.29, 0.717) is 53.3 Å². The van der Waals surface area contributed by atoms with E-state index >= 15 is 0 Å². The average Bonchev–Trinajstić information content (AvgIpc) is 3.34. The molecule has 0 fully saturated rings. The molecule has 11 heteroatoms. The normalized spacial score (nSPS) is 13.2. The fourth-order valence-electron chi connectivity index (χ4n) is 3.49. The van der Waals surface area contributed by atoms with Crippen LogP contribution in [-0.2, 0) is 6.18 Å². The van der Waals surface area contributed by atoms with Gasteiger partial charge in [0.1, 0.15) is 23.9 Å². The number of hydrazone groups is 1. The molecular weight excluding hydrogens is 449 g/mol. The zero-order valence-corrected chi connectivity index (χ0v) is 18.4. The Kier molecular flexibility index (Phi) is 6.80. The number of amides is 1. The summed E-state index contributed by atoms with van der Waals surface area (Å²) in [6.07, 6.45) is -1.95. The maximum atomic E-state index is 12.9. The summed E-state index contributed by atoms with van der Waals surface area (Å²) in [5.41, 5.74) is 3.56. The second-order valence-corrected chi connectivity index (χ2v) is 7.53. The van der Waals surface area contributed by atoms with E-state index in [0.717, 1.165) is 30.9 Å². The van der Waals surface area contributed by atoms with Gasteiger partial charge in [-0.3, -0.25) is 15.2 Å². The van der Waals surface area contributed by atoms with Gasteiger partial charge in [0.15, 0.2) is 0 Å². The Morgan fingerprint density at radius 3 is 2.74 bits per heavy atom. The summed E-state index contributed by atoms with van der Waals surface area (Å²) in [6.45, 7) is 3.31. The zero-order valence-electron chi connectivity index (χ0n) is 18.4. The van der Waals surface area contributed by atoms with Crippen molar-refractivity contribution in [2.75, 3.05) is 19.8 Å². The van der Waals surface area contributed by atoms with Crippen molar-refractivity contribution in [1.82, 2.24) is 26.0 Å². The van der Waals surface area contributed by atoms with Gasteiger partial charge in [0.05, 0.1) is 17.8 Å². The molecule has 1 aromatic carbocycles. The van der Waals surface area contributed by atoms with Crippen molar-refractivity contribution < 1.29 is 22.7 Å². The first-order valence-corrected chi connectivity index (χ1v) is 10.8. The van der Waals surface area contributed by atoms with E-state index in [4.69, 9.17) is 4.74 Å². The number of hydrogen-bond acceptors (Lipinski definition) is 7. The van der Waals surface area contributed by atoms with E-state index in [1.54, 1.807) is 24.3 Å². The number of benzene rings is 1. The molecule has 3 heterocycles. The Labute approximate surface area is 193 Å². The van der Waals surface area contributed by atoms with Crippen LogP contribution in [0.15, 0.2) is 47.7 Å². The van der Waals surface area contributed by atoms with Crippen LogP contribution in [0.4, 0.5) is 13.2 Å². The summed E-state index contributed by atoms with van der Waals surface area (Å²) in [6, 6.07) is 8.96. The van der Waals surface area contributed by atoms with Gasteiger partial charge in [-0.2, -0.15) is 18.3 Å². The number of alkyl halides is 3. The number of carbonyl (C=O) groups excluding carboxylic acids is 1. The van der Waals surface area contributed by atoms with Crippen LogP contribution >= 0.6 is 0 Å². The molecule has 0 saturated carbocycles. The Bertz CT molecular complexity index is 1210. The third-order valence-corrected chi connectivity index (χ3v) is 5.15. The number of ether oxygens (including phenoxy) is 1. The van der Waals surface area contributed by atoms with Crippen molar-refractivity contribution in [2.45, 2.75) is 25.9 Å². The summed E-state index contributed by atoms with van der Waals surface area (Å²) in [5, 5.41) is 10.7. The van der Waals surface area contributed by atoms with Crippen molar-refractivity contribution in [3.8, 4) is 17.0 Å². The quantitative estimate of drug-likeness (QED) is 0.433. The topological polar surface area (TPSA) is 101 Å². The van der Waals surface area contributed by atoms with E-state index in [1.807, 2.05) is 6.92 Å². The molecule has 1 aliphatic heterocycles. The molecule has 1 aliphatic rings. The monoisotopic (exact) mass is 472 g/mol. The largest absolute Gasteiger partial charge is 0.493 e. The van der Waals surface area contributed by atoms with E-state index in [9.17, 15) is 18.0 Å². The predicted molar refractivity (Wildman–Crippen MR) is 121 cm³/mol. The summed E-state index contributed by atoms with van der Waals surface area (Å²) in [4.78, 5) is 20.7. The predicted octanol–water partition coefficient (Wildman–Crippen LogP) is 3.69. The molecular formula is C23H23F3N6O2. The lowest BCUT2D eigenvalue weighted by Gasteiger charge is -2.12. The Morgan fingerprint density at radius 1 is 1.21 bits per heavy atom. The third kappa shape index (κ3) is 5.36. The molecule has 3 N–H and O–H groups in total. The van der Waals surface area contributed by atoms with E-state index in [1.165, 1.54) is 6.07 Å². The number of aromatic nitrogens is 2. The Balaban J connectivity index is 1.56. The molecule has 0 bridgehead atoms. The number of halogens is 3. The SMILES string of the molecule is CCOc1cc(-c2ccc(C(F)(F)F)nc2)nc2cc(C(=O)NCCCC3=NNCN3)ccc12. The van der Waals surface area contributed by atoms with Gasteiger partial charge in [-0.15, -0.1) is 0 Å². The highest BCUT2D eigenvalue weighted by Gasteiger charge is 2.32. The van der Waals surface area contributed by atoms with Crippen LogP contribution in [-0.4, -0.2) is 41.5 Å². The van der Waals surface area contributed by atoms with Gasteiger partial charge in [-0.05, 0) is 43.7 Å². The molecule has 0 unspecified atom stereocenters. The number of amidine groups is 1. The number of nitrogens with one attached hydrogen (secondary N) is 3. The molecule has 178 valence electrons. The van der Waals surface area contributed by atoms with Crippen molar-refractivity contribution in [1.29, 1.82) is 0 Å². The van der Waals surface area contributed by atoms with Crippen LogP contribution in [0.1, 0.15) is 35.8 Å². The van der Waals surface area contributed by atoms with Crippen molar-refractivity contribution in [2.24, 2.45) is 5.10 Å². The summed E-state index contributed by atoms with van der Waals surface area (Å²) < 4.78 is 44.3. The van der Waals surface area contributed by atoms with Gasteiger partial charge >= 0.3 is 6.18 Å². The van der Waals surface area contributed by atoms with Crippen LogP contribution in [0.25, 0.3) is 22.2 Å². The van der Waals surface area contributed by atoms with Crippen LogP contribution in [0, 0.1) is 0 Å². The first-order valence-electron chi connectivity index (χ1n) is 10.8. The number of nitrogens with zero attached hydrogens (tertiary/aromatic N) is 3. The molecule has 1 amide bonds. The smallest absolute Gasteiger partial charge is 0.433 e. The molecule has 4 rings (SSSR count). The lowest BCUT2D eigenvalue weighted by atomic mass is 10.1. The van der Waals surface area contributed by atoms with Crippen LogP contribution in [0.2, 0.25) is 0 Å². The van der Waals surface area contributed by atoms with E-state index in [2.05, 4.69) is 31.1 Å². The second kappa shape index (κ2) is 9.94. The molecule has 8 nitrogen and oxygen atoms in total.